The van der Waals surface area contributed by atoms with E-state index in [2.05, 4.69) is 51.3 Å². The minimum atomic E-state index is -0.250. The second kappa shape index (κ2) is 8.84. The Morgan fingerprint density at radius 3 is 2.56 bits per heavy atom. The fourth-order valence-corrected chi connectivity index (χ4v) is 3.96. The van der Waals surface area contributed by atoms with Gasteiger partial charge in [0.25, 0.3) is 0 Å². The first-order valence-corrected chi connectivity index (χ1v) is 10.5. The lowest BCUT2D eigenvalue weighted by Crippen LogP contribution is -2.44. The summed E-state index contributed by atoms with van der Waals surface area (Å²) in [5.74, 6) is 0.156. The highest BCUT2D eigenvalue weighted by Crippen LogP contribution is 2.27. The van der Waals surface area contributed by atoms with Crippen LogP contribution in [0.2, 0.25) is 0 Å². The Morgan fingerprint density at radius 2 is 1.84 bits per heavy atom. The predicted molar refractivity (Wildman–Crippen MR) is 128 cm³/mol. The van der Waals surface area contributed by atoms with E-state index in [4.69, 9.17) is 4.98 Å². The average molecular weight is 457 g/mol. The van der Waals surface area contributed by atoms with Gasteiger partial charge in [-0.05, 0) is 51.2 Å². The molecule has 0 radical (unpaired) electrons. The van der Waals surface area contributed by atoms with Crippen molar-refractivity contribution in [2.45, 2.75) is 19.9 Å². The molecule has 1 N–H and O–H groups in total. The van der Waals surface area contributed by atoms with Crippen LogP contribution >= 0.6 is 12.4 Å². The summed E-state index contributed by atoms with van der Waals surface area (Å²) in [5, 5.41) is 12.5. The van der Waals surface area contributed by atoms with E-state index in [0.717, 1.165) is 48.1 Å². The zero-order valence-electron chi connectivity index (χ0n) is 18.3. The van der Waals surface area contributed by atoms with Crippen molar-refractivity contribution >= 4 is 51.7 Å². The van der Waals surface area contributed by atoms with Crippen LogP contribution in [-0.2, 0) is 0 Å². The maximum Gasteiger partial charge on any atom is 0.227 e. The number of fused-ring (bicyclic) bond motifs is 3. The number of nitrogens with one attached hydrogen (secondary N) is 1. The topological polar surface area (TPSA) is 75.0 Å². The van der Waals surface area contributed by atoms with E-state index >= 15 is 0 Å². The number of nitrogens with zero attached hydrogens (tertiary/aromatic N) is 7. The molecule has 0 amide bonds. The molecule has 1 saturated heterocycles. The van der Waals surface area contributed by atoms with Crippen molar-refractivity contribution < 1.29 is 4.39 Å². The highest BCUT2D eigenvalue weighted by Gasteiger charge is 2.18. The van der Waals surface area contributed by atoms with E-state index < -0.39 is 0 Å². The standard InChI is InChI=1S/C22H25FN8.ClH/c1-14(2)31-21-18(27-28-31)6-4-15-13-24-22(26-20(15)21)25-16-5-7-19(17(23)12-16)30-10-8-29(3)9-11-30;/h4-7,12-14H,8-11H2,1-3H3,(H,24,25,26);1H. The van der Waals surface area contributed by atoms with Crippen LogP contribution in [-0.4, -0.2) is 63.1 Å². The summed E-state index contributed by atoms with van der Waals surface area (Å²) in [7, 11) is 2.09. The summed E-state index contributed by atoms with van der Waals surface area (Å²) in [6.07, 6.45) is 1.76. The molecule has 2 aromatic heterocycles. The molecule has 4 aromatic rings. The molecule has 0 aliphatic carbocycles. The van der Waals surface area contributed by atoms with Gasteiger partial charge in [0, 0.05) is 49.5 Å². The second-order valence-electron chi connectivity index (χ2n) is 8.27. The van der Waals surface area contributed by atoms with Crippen molar-refractivity contribution in [2.24, 2.45) is 0 Å². The van der Waals surface area contributed by atoms with Crippen LogP contribution in [0.4, 0.5) is 21.7 Å². The summed E-state index contributed by atoms with van der Waals surface area (Å²) < 4.78 is 16.7. The molecule has 10 heteroatoms. The number of piperazine rings is 1. The van der Waals surface area contributed by atoms with E-state index in [9.17, 15) is 4.39 Å². The minimum Gasteiger partial charge on any atom is -0.367 e. The number of anilines is 3. The summed E-state index contributed by atoms with van der Waals surface area (Å²) in [4.78, 5) is 13.4. The number of benzene rings is 2. The minimum absolute atomic E-state index is 0. The third-order valence-electron chi connectivity index (χ3n) is 5.72. The Bertz CT molecular complexity index is 1250. The third kappa shape index (κ3) is 4.05. The number of rotatable bonds is 4. The van der Waals surface area contributed by atoms with E-state index in [-0.39, 0.29) is 24.3 Å². The molecule has 0 unspecified atom stereocenters. The highest BCUT2D eigenvalue weighted by molar-refractivity contribution is 6.01. The lowest BCUT2D eigenvalue weighted by atomic mass is 10.2. The van der Waals surface area contributed by atoms with E-state index in [0.29, 0.717) is 17.3 Å². The molecular formula is C22H26ClFN8. The quantitative estimate of drug-likeness (QED) is 0.497. The van der Waals surface area contributed by atoms with Crippen molar-refractivity contribution in [3.8, 4) is 0 Å². The molecule has 168 valence electrons. The molecular weight excluding hydrogens is 431 g/mol. The maximum atomic E-state index is 14.8. The van der Waals surface area contributed by atoms with Crippen molar-refractivity contribution in [3.63, 3.8) is 0 Å². The fourth-order valence-electron chi connectivity index (χ4n) is 3.96. The van der Waals surface area contributed by atoms with Gasteiger partial charge in [-0.2, -0.15) is 0 Å². The summed E-state index contributed by atoms with van der Waals surface area (Å²) in [5.41, 5.74) is 3.66. The van der Waals surface area contributed by atoms with Crippen molar-refractivity contribution in [1.82, 2.24) is 29.9 Å². The SMILES string of the molecule is CC(C)n1nnc2ccc3cnc(Nc4ccc(N5CCN(C)CC5)c(F)c4)nc3c21.Cl. The van der Waals surface area contributed by atoms with Gasteiger partial charge in [-0.25, -0.2) is 19.0 Å². The zero-order valence-corrected chi connectivity index (χ0v) is 19.1. The summed E-state index contributed by atoms with van der Waals surface area (Å²) in [6, 6.07) is 9.20. The van der Waals surface area contributed by atoms with Crippen LogP contribution in [0.5, 0.6) is 0 Å². The Balaban J connectivity index is 0.00000245. The van der Waals surface area contributed by atoms with Gasteiger partial charge < -0.3 is 15.1 Å². The van der Waals surface area contributed by atoms with Crippen molar-refractivity contribution in [2.75, 3.05) is 43.4 Å². The Morgan fingerprint density at radius 1 is 1.06 bits per heavy atom. The first-order chi connectivity index (χ1) is 15.0. The molecule has 0 bridgehead atoms. The van der Waals surface area contributed by atoms with Crippen molar-refractivity contribution in [1.29, 1.82) is 0 Å². The molecule has 3 heterocycles. The number of hydrogen-bond donors (Lipinski definition) is 1. The molecule has 0 atom stereocenters. The predicted octanol–water partition coefficient (Wildman–Crippen LogP) is 4.01. The molecule has 5 rings (SSSR count). The Labute approximate surface area is 191 Å². The van der Waals surface area contributed by atoms with Gasteiger partial charge in [0.1, 0.15) is 22.4 Å². The number of aromatic nitrogens is 5. The first-order valence-electron chi connectivity index (χ1n) is 10.5. The van der Waals surface area contributed by atoms with Crippen LogP contribution in [0.15, 0.2) is 36.5 Å². The van der Waals surface area contributed by atoms with Crippen LogP contribution in [0.25, 0.3) is 21.9 Å². The van der Waals surface area contributed by atoms with E-state index in [1.54, 1.807) is 6.20 Å². The van der Waals surface area contributed by atoms with Gasteiger partial charge in [0.15, 0.2) is 0 Å². The average Bonchev–Trinajstić information content (AvgIpc) is 3.20. The lowest BCUT2D eigenvalue weighted by Gasteiger charge is -2.34. The molecule has 2 aromatic carbocycles. The smallest absolute Gasteiger partial charge is 0.227 e. The number of halogens is 2. The van der Waals surface area contributed by atoms with Gasteiger partial charge in [-0.15, -0.1) is 17.5 Å². The monoisotopic (exact) mass is 456 g/mol. The van der Waals surface area contributed by atoms with Gasteiger partial charge in [-0.3, -0.25) is 0 Å². The molecule has 0 saturated carbocycles. The third-order valence-corrected chi connectivity index (χ3v) is 5.72. The maximum absolute atomic E-state index is 14.8. The molecule has 32 heavy (non-hydrogen) atoms. The Hall–Kier alpha value is -3.04. The number of hydrogen-bond acceptors (Lipinski definition) is 7. The molecule has 8 nitrogen and oxygen atoms in total. The fraction of sp³-hybridized carbons (Fsp3) is 0.364. The number of likely N-dealkylation sites (N-methyl/N-ethyl adjacent to an activating group) is 1. The highest BCUT2D eigenvalue weighted by atomic mass is 35.5. The lowest BCUT2D eigenvalue weighted by molar-refractivity contribution is 0.311. The molecule has 1 fully saturated rings. The van der Waals surface area contributed by atoms with Crippen LogP contribution < -0.4 is 10.2 Å². The first kappa shape index (κ1) is 22.2. The van der Waals surface area contributed by atoms with Crippen molar-refractivity contribution in [3.05, 3.63) is 42.3 Å². The summed E-state index contributed by atoms with van der Waals surface area (Å²) in [6.45, 7) is 7.61. The second-order valence-corrected chi connectivity index (χ2v) is 8.27. The zero-order chi connectivity index (χ0) is 21.5. The van der Waals surface area contributed by atoms with E-state index in [1.807, 2.05) is 28.9 Å². The van der Waals surface area contributed by atoms with Gasteiger partial charge in [-0.1, -0.05) is 5.21 Å². The van der Waals surface area contributed by atoms with Gasteiger partial charge >= 0.3 is 0 Å². The normalized spacial score (nSPS) is 14.8. The Kier molecular flexibility index (Phi) is 6.12. The largest absolute Gasteiger partial charge is 0.367 e. The van der Waals surface area contributed by atoms with Crippen LogP contribution in [0.3, 0.4) is 0 Å². The van der Waals surface area contributed by atoms with E-state index in [1.165, 1.54) is 6.07 Å². The van der Waals surface area contributed by atoms with Crippen LogP contribution in [0.1, 0.15) is 19.9 Å². The molecule has 0 spiro atoms. The molecule has 1 aliphatic rings. The van der Waals surface area contributed by atoms with Crippen LogP contribution in [0, 0.1) is 5.82 Å². The summed E-state index contributed by atoms with van der Waals surface area (Å²) >= 11 is 0. The molecule has 1 aliphatic heterocycles. The van der Waals surface area contributed by atoms with Gasteiger partial charge in [0.2, 0.25) is 5.95 Å². The van der Waals surface area contributed by atoms with Gasteiger partial charge in [0.05, 0.1) is 5.69 Å².